The molecule has 1 N–H and O–H groups in total. The molecule has 0 spiro atoms. The van der Waals surface area contributed by atoms with Crippen LogP contribution in [0.15, 0.2) is 48.5 Å². The Kier molecular flexibility index (Phi) is 7.21. The van der Waals surface area contributed by atoms with Gasteiger partial charge in [-0.05, 0) is 62.6 Å². The molecule has 2 aromatic carbocycles. The van der Waals surface area contributed by atoms with Gasteiger partial charge in [0.15, 0.2) is 0 Å². The topological polar surface area (TPSA) is 58.6 Å². The van der Waals surface area contributed by atoms with Crippen molar-refractivity contribution in [3.8, 4) is 0 Å². The second kappa shape index (κ2) is 9.61. The van der Waals surface area contributed by atoms with Gasteiger partial charge in [-0.1, -0.05) is 24.3 Å². The number of nitrogens with one attached hydrogen (secondary N) is 1. The van der Waals surface area contributed by atoms with Crippen LogP contribution in [0.25, 0.3) is 0 Å². The Labute approximate surface area is 155 Å². The molecule has 5 nitrogen and oxygen atoms in total. The van der Waals surface area contributed by atoms with E-state index in [9.17, 15) is 9.59 Å². The van der Waals surface area contributed by atoms with Gasteiger partial charge in [0.1, 0.15) is 0 Å². The van der Waals surface area contributed by atoms with E-state index in [1.165, 1.54) is 0 Å². The highest BCUT2D eigenvalue weighted by Crippen LogP contribution is 2.16. The SMILES string of the molecule is CCOC(=O)Nc1cccc(Cc2ccc(C(=O)N(CC)CC)cc2)c1. The second-order valence-electron chi connectivity index (χ2n) is 5.90. The largest absolute Gasteiger partial charge is 0.450 e. The molecule has 138 valence electrons. The molecule has 0 aromatic heterocycles. The molecule has 0 radical (unpaired) electrons. The van der Waals surface area contributed by atoms with Gasteiger partial charge in [-0.15, -0.1) is 0 Å². The molecule has 0 saturated heterocycles. The number of anilines is 1. The summed E-state index contributed by atoms with van der Waals surface area (Å²) in [6.45, 7) is 7.48. The van der Waals surface area contributed by atoms with Gasteiger partial charge in [0, 0.05) is 24.3 Å². The third-order valence-corrected chi connectivity index (χ3v) is 4.11. The van der Waals surface area contributed by atoms with Crippen LogP contribution in [0.4, 0.5) is 10.5 Å². The Hall–Kier alpha value is -2.82. The summed E-state index contributed by atoms with van der Waals surface area (Å²) < 4.78 is 4.89. The molecule has 0 aliphatic carbocycles. The lowest BCUT2D eigenvalue weighted by atomic mass is 10.0. The summed E-state index contributed by atoms with van der Waals surface area (Å²) in [5.74, 6) is 0.0576. The maximum absolute atomic E-state index is 12.4. The number of rotatable bonds is 7. The summed E-state index contributed by atoms with van der Waals surface area (Å²) in [7, 11) is 0. The third kappa shape index (κ3) is 5.34. The molecule has 0 aliphatic heterocycles. The fourth-order valence-electron chi connectivity index (χ4n) is 2.74. The zero-order valence-corrected chi connectivity index (χ0v) is 15.6. The summed E-state index contributed by atoms with van der Waals surface area (Å²) in [5, 5.41) is 2.71. The Bertz CT molecular complexity index is 737. The van der Waals surface area contributed by atoms with Gasteiger partial charge in [-0.25, -0.2) is 4.79 Å². The first-order chi connectivity index (χ1) is 12.6. The molecule has 26 heavy (non-hydrogen) atoms. The van der Waals surface area contributed by atoms with Crippen molar-refractivity contribution in [2.24, 2.45) is 0 Å². The minimum atomic E-state index is -0.455. The van der Waals surface area contributed by atoms with E-state index in [0.717, 1.165) is 17.5 Å². The van der Waals surface area contributed by atoms with Crippen LogP contribution in [0.5, 0.6) is 0 Å². The van der Waals surface area contributed by atoms with E-state index in [1.54, 1.807) is 11.8 Å². The van der Waals surface area contributed by atoms with Crippen molar-refractivity contribution in [1.29, 1.82) is 0 Å². The summed E-state index contributed by atoms with van der Waals surface area (Å²) in [5.41, 5.74) is 3.58. The highest BCUT2D eigenvalue weighted by molar-refractivity contribution is 5.94. The minimum absolute atomic E-state index is 0.0576. The molecule has 0 unspecified atom stereocenters. The molecule has 2 rings (SSSR count). The summed E-state index contributed by atoms with van der Waals surface area (Å²) in [6, 6.07) is 15.3. The third-order valence-electron chi connectivity index (χ3n) is 4.11. The number of carbonyl (C=O) groups excluding carboxylic acids is 2. The zero-order valence-electron chi connectivity index (χ0n) is 15.6. The van der Waals surface area contributed by atoms with Crippen LogP contribution >= 0.6 is 0 Å². The van der Waals surface area contributed by atoms with Crippen LogP contribution in [0, 0.1) is 0 Å². The normalized spacial score (nSPS) is 10.3. The van der Waals surface area contributed by atoms with Gasteiger partial charge in [0.25, 0.3) is 5.91 Å². The van der Waals surface area contributed by atoms with Crippen LogP contribution in [-0.2, 0) is 11.2 Å². The first kappa shape index (κ1) is 19.5. The highest BCUT2D eigenvalue weighted by atomic mass is 16.5. The van der Waals surface area contributed by atoms with Crippen molar-refractivity contribution in [3.63, 3.8) is 0 Å². The lowest BCUT2D eigenvalue weighted by Gasteiger charge is -2.18. The van der Waals surface area contributed by atoms with Crippen molar-refractivity contribution >= 4 is 17.7 Å². The maximum Gasteiger partial charge on any atom is 0.411 e. The first-order valence-corrected chi connectivity index (χ1v) is 8.98. The van der Waals surface area contributed by atoms with Crippen molar-refractivity contribution in [2.45, 2.75) is 27.2 Å². The predicted molar refractivity (Wildman–Crippen MR) is 104 cm³/mol. The predicted octanol–water partition coefficient (Wildman–Crippen LogP) is 4.33. The van der Waals surface area contributed by atoms with Crippen LogP contribution in [-0.4, -0.2) is 36.6 Å². The fourth-order valence-corrected chi connectivity index (χ4v) is 2.74. The van der Waals surface area contributed by atoms with E-state index >= 15 is 0 Å². The van der Waals surface area contributed by atoms with Crippen molar-refractivity contribution in [2.75, 3.05) is 25.0 Å². The smallest absolute Gasteiger partial charge is 0.411 e. The van der Waals surface area contributed by atoms with Crippen molar-refractivity contribution < 1.29 is 14.3 Å². The summed E-state index contributed by atoms with van der Waals surface area (Å²) >= 11 is 0. The number of hydrogen-bond donors (Lipinski definition) is 1. The Morgan fingerprint density at radius 3 is 2.27 bits per heavy atom. The number of amides is 2. The van der Waals surface area contributed by atoms with E-state index in [1.807, 2.05) is 62.4 Å². The number of hydrogen-bond acceptors (Lipinski definition) is 3. The van der Waals surface area contributed by atoms with E-state index in [4.69, 9.17) is 4.74 Å². The van der Waals surface area contributed by atoms with Crippen molar-refractivity contribution in [1.82, 2.24) is 4.90 Å². The van der Waals surface area contributed by atoms with E-state index in [0.29, 0.717) is 30.9 Å². The Balaban J connectivity index is 2.05. The average Bonchev–Trinajstić information content (AvgIpc) is 2.63. The maximum atomic E-state index is 12.4. The molecule has 0 saturated carbocycles. The Morgan fingerprint density at radius 2 is 1.65 bits per heavy atom. The highest BCUT2D eigenvalue weighted by Gasteiger charge is 2.12. The van der Waals surface area contributed by atoms with Gasteiger partial charge in [-0.2, -0.15) is 0 Å². The van der Waals surface area contributed by atoms with Crippen molar-refractivity contribution in [3.05, 3.63) is 65.2 Å². The molecule has 0 aliphatic rings. The number of nitrogens with zero attached hydrogens (tertiary/aromatic N) is 1. The van der Waals surface area contributed by atoms with Gasteiger partial charge in [0.05, 0.1) is 6.61 Å². The van der Waals surface area contributed by atoms with Gasteiger partial charge in [-0.3, -0.25) is 10.1 Å². The van der Waals surface area contributed by atoms with E-state index in [2.05, 4.69) is 5.32 Å². The fraction of sp³-hybridized carbons (Fsp3) is 0.333. The summed E-state index contributed by atoms with van der Waals surface area (Å²) in [4.78, 5) is 25.7. The molecule has 0 fully saturated rings. The second-order valence-corrected chi connectivity index (χ2v) is 5.90. The molecular weight excluding hydrogens is 328 g/mol. The molecule has 2 amide bonds. The number of ether oxygens (including phenoxy) is 1. The lowest BCUT2D eigenvalue weighted by Crippen LogP contribution is -2.30. The van der Waals surface area contributed by atoms with Crippen LogP contribution in [0.3, 0.4) is 0 Å². The zero-order chi connectivity index (χ0) is 18.9. The minimum Gasteiger partial charge on any atom is -0.450 e. The van der Waals surface area contributed by atoms with Crippen LogP contribution in [0.1, 0.15) is 42.3 Å². The molecular formula is C21H26N2O3. The Morgan fingerprint density at radius 1 is 0.962 bits per heavy atom. The average molecular weight is 354 g/mol. The molecule has 0 atom stereocenters. The van der Waals surface area contributed by atoms with Gasteiger partial charge >= 0.3 is 6.09 Å². The standard InChI is InChI=1S/C21H26N2O3/c1-4-23(5-2)20(24)18-12-10-16(11-13-18)14-17-8-7-9-19(15-17)22-21(25)26-6-3/h7-13,15H,4-6,14H2,1-3H3,(H,22,25). The van der Waals surface area contributed by atoms with E-state index < -0.39 is 6.09 Å². The lowest BCUT2D eigenvalue weighted by molar-refractivity contribution is 0.0773. The first-order valence-electron chi connectivity index (χ1n) is 8.98. The molecule has 2 aromatic rings. The van der Waals surface area contributed by atoms with Crippen LogP contribution < -0.4 is 5.32 Å². The number of carbonyl (C=O) groups is 2. The number of benzene rings is 2. The van der Waals surface area contributed by atoms with Crippen LogP contribution in [0.2, 0.25) is 0 Å². The molecule has 0 bridgehead atoms. The van der Waals surface area contributed by atoms with Gasteiger partial charge in [0.2, 0.25) is 0 Å². The quantitative estimate of drug-likeness (QED) is 0.805. The summed E-state index contributed by atoms with van der Waals surface area (Å²) in [6.07, 6.45) is 0.266. The molecule has 5 heteroatoms. The molecule has 0 heterocycles. The van der Waals surface area contributed by atoms with E-state index in [-0.39, 0.29) is 5.91 Å². The monoisotopic (exact) mass is 354 g/mol. The van der Waals surface area contributed by atoms with Gasteiger partial charge < -0.3 is 9.64 Å².